The van der Waals surface area contributed by atoms with E-state index >= 15 is 0 Å². The summed E-state index contributed by atoms with van der Waals surface area (Å²) < 4.78 is 10.5. The lowest BCUT2D eigenvalue weighted by Gasteiger charge is -2.17. The molecule has 1 atom stereocenters. The molecule has 0 aliphatic rings. The van der Waals surface area contributed by atoms with Crippen molar-refractivity contribution in [2.75, 3.05) is 6.61 Å². The first-order chi connectivity index (χ1) is 5.02. The summed E-state index contributed by atoms with van der Waals surface area (Å²) in [4.78, 5) is 0. The molecule has 1 unspecified atom stereocenters. The minimum absolute atomic E-state index is 0.185. The normalized spacial score (nSPS) is 14.5. The van der Waals surface area contributed by atoms with Crippen LogP contribution >= 0.6 is 0 Å². The second kappa shape index (κ2) is 5.56. The molecule has 0 spiro atoms. The number of rotatable bonds is 5. The maximum atomic E-state index is 5.28. The Labute approximate surface area is 69.9 Å². The molecular formula is C9H19O2. The van der Waals surface area contributed by atoms with Crippen LogP contribution in [0.4, 0.5) is 0 Å². The van der Waals surface area contributed by atoms with Gasteiger partial charge in [0.05, 0.1) is 12.7 Å². The third-order valence-electron chi connectivity index (χ3n) is 1.04. The number of hydrogen-bond donors (Lipinski definition) is 0. The van der Waals surface area contributed by atoms with Gasteiger partial charge in [-0.3, -0.25) is 0 Å². The average Bonchev–Trinajstić information content (AvgIpc) is 1.82. The monoisotopic (exact) mass is 159 g/mol. The van der Waals surface area contributed by atoms with Crippen LogP contribution in [0.1, 0.15) is 27.7 Å². The third kappa shape index (κ3) is 7.82. The van der Waals surface area contributed by atoms with Crippen LogP contribution in [0.3, 0.4) is 0 Å². The zero-order valence-electron chi connectivity index (χ0n) is 7.96. The molecule has 0 fully saturated rings. The maximum absolute atomic E-state index is 5.28. The molecular weight excluding hydrogens is 140 g/mol. The summed E-state index contributed by atoms with van der Waals surface area (Å²) in [6, 6.07) is 0. The lowest BCUT2D eigenvalue weighted by Crippen LogP contribution is -2.20. The lowest BCUT2D eigenvalue weighted by molar-refractivity contribution is -0.140. The zero-order valence-corrected chi connectivity index (χ0v) is 7.96. The highest BCUT2D eigenvalue weighted by atomic mass is 16.7. The summed E-state index contributed by atoms with van der Waals surface area (Å²) in [5, 5.41) is 0. The third-order valence-corrected chi connectivity index (χ3v) is 1.04. The van der Waals surface area contributed by atoms with Gasteiger partial charge in [-0.25, -0.2) is 0 Å². The number of hydrogen-bond acceptors (Lipinski definition) is 2. The predicted molar refractivity (Wildman–Crippen MR) is 46.2 cm³/mol. The second-order valence-electron chi connectivity index (χ2n) is 3.34. The maximum Gasteiger partial charge on any atom is 0.158 e. The first-order valence-electron chi connectivity index (χ1n) is 4.12. The molecule has 0 aliphatic carbocycles. The van der Waals surface area contributed by atoms with Crippen molar-refractivity contribution in [3.8, 4) is 0 Å². The molecule has 0 aromatic carbocycles. The standard InChI is InChI=1S/C9H19O2/c1-7(2)6-10-9(5)11-8(3)4/h7-9H,5-6H2,1-4H3. The molecule has 1 radical (unpaired) electrons. The van der Waals surface area contributed by atoms with Gasteiger partial charge >= 0.3 is 0 Å². The minimum atomic E-state index is -0.322. The molecule has 2 nitrogen and oxygen atoms in total. The van der Waals surface area contributed by atoms with Gasteiger partial charge in [0.25, 0.3) is 0 Å². The van der Waals surface area contributed by atoms with Gasteiger partial charge in [-0.2, -0.15) is 0 Å². The highest BCUT2D eigenvalue weighted by Gasteiger charge is 2.05. The Morgan fingerprint density at radius 1 is 1.18 bits per heavy atom. The van der Waals surface area contributed by atoms with Gasteiger partial charge in [-0.1, -0.05) is 13.8 Å². The molecule has 0 heterocycles. The number of ether oxygens (including phenoxy) is 2. The van der Waals surface area contributed by atoms with Gasteiger partial charge in [-0.05, 0) is 19.8 Å². The largest absolute Gasteiger partial charge is 0.352 e. The van der Waals surface area contributed by atoms with E-state index in [1.54, 1.807) is 0 Å². The highest BCUT2D eigenvalue weighted by molar-refractivity contribution is 4.49. The average molecular weight is 159 g/mol. The first kappa shape index (κ1) is 10.9. The van der Waals surface area contributed by atoms with Crippen LogP contribution in [0, 0.1) is 12.8 Å². The van der Waals surface area contributed by atoms with Crippen LogP contribution in [0.15, 0.2) is 0 Å². The van der Waals surface area contributed by atoms with Crippen LogP contribution in [-0.4, -0.2) is 19.0 Å². The smallest absolute Gasteiger partial charge is 0.158 e. The summed E-state index contributed by atoms with van der Waals surface area (Å²) >= 11 is 0. The van der Waals surface area contributed by atoms with Gasteiger partial charge in [0.15, 0.2) is 6.29 Å². The Bertz CT molecular complexity index is 89.6. The van der Waals surface area contributed by atoms with E-state index in [-0.39, 0.29) is 12.4 Å². The van der Waals surface area contributed by atoms with Gasteiger partial charge in [-0.15, -0.1) is 0 Å². The SMILES string of the molecule is [CH2]C(OCC(C)C)OC(C)C. The molecule has 0 aromatic rings. The summed E-state index contributed by atoms with van der Waals surface area (Å²) in [5.74, 6) is 0.537. The second-order valence-corrected chi connectivity index (χ2v) is 3.34. The highest BCUT2D eigenvalue weighted by Crippen LogP contribution is 2.01. The van der Waals surface area contributed by atoms with Gasteiger partial charge in [0.1, 0.15) is 0 Å². The van der Waals surface area contributed by atoms with Crippen molar-refractivity contribution in [1.82, 2.24) is 0 Å². The molecule has 0 aliphatic heterocycles. The Balaban J connectivity index is 3.29. The zero-order chi connectivity index (χ0) is 8.85. The van der Waals surface area contributed by atoms with Crippen molar-refractivity contribution >= 4 is 0 Å². The van der Waals surface area contributed by atoms with E-state index in [0.29, 0.717) is 12.5 Å². The fraction of sp³-hybridized carbons (Fsp3) is 0.889. The molecule has 0 saturated heterocycles. The van der Waals surface area contributed by atoms with E-state index in [9.17, 15) is 0 Å². The Hall–Kier alpha value is -0.0800. The van der Waals surface area contributed by atoms with E-state index in [0.717, 1.165) is 0 Å². The van der Waals surface area contributed by atoms with Gasteiger partial charge in [0.2, 0.25) is 0 Å². The molecule has 2 heteroatoms. The molecule has 0 saturated carbocycles. The van der Waals surface area contributed by atoms with Gasteiger partial charge in [0, 0.05) is 6.92 Å². The summed E-state index contributed by atoms with van der Waals surface area (Å²) in [6.45, 7) is 12.6. The molecule has 11 heavy (non-hydrogen) atoms. The van der Waals surface area contributed by atoms with Crippen LogP contribution in [0.5, 0.6) is 0 Å². The molecule has 0 rings (SSSR count). The van der Waals surface area contributed by atoms with Crippen molar-refractivity contribution in [2.45, 2.75) is 40.1 Å². The van der Waals surface area contributed by atoms with E-state index in [4.69, 9.17) is 9.47 Å². The van der Waals surface area contributed by atoms with Crippen LogP contribution in [0.25, 0.3) is 0 Å². The fourth-order valence-corrected chi connectivity index (χ4v) is 0.643. The molecule has 0 bridgehead atoms. The van der Waals surface area contributed by atoms with E-state index in [1.165, 1.54) is 0 Å². The topological polar surface area (TPSA) is 18.5 Å². The van der Waals surface area contributed by atoms with Gasteiger partial charge < -0.3 is 9.47 Å². The Morgan fingerprint density at radius 3 is 2.09 bits per heavy atom. The Kier molecular flexibility index (Phi) is 5.51. The quantitative estimate of drug-likeness (QED) is 0.573. The lowest BCUT2D eigenvalue weighted by atomic mass is 10.2. The fourth-order valence-electron chi connectivity index (χ4n) is 0.643. The van der Waals surface area contributed by atoms with E-state index < -0.39 is 0 Å². The van der Waals surface area contributed by atoms with E-state index in [1.807, 2.05) is 13.8 Å². The van der Waals surface area contributed by atoms with Crippen molar-refractivity contribution < 1.29 is 9.47 Å². The van der Waals surface area contributed by atoms with Crippen LogP contribution in [-0.2, 0) is 9.47 Å². The molecule has 0 aromatic heterocycles. The van der Waals surface area contributed by atoms with Crippen LogP contribution in [0.2, 0.25) is 0 Å². The minimum Gasteiger partial charge on any atom is -0.352 e. The van der Waals surface area contributed by atoms with Crippen molar-refractivity contribution in [3.05, 3.63) is 6.92 Å². The summed E-state index contributed by atoms with van der Waals surface area (Å²) in [7, 11) is 0. The van der Waals surface area contributed by atoms with E-state index in [2.05, 4.69) is 20.8 Å². The van der Waals surface area contributed by atoms with Crippen molar-refractivity contribution in [2.24, 2.45) is 5.92 Å². The molecule has 0 N–H and O–H groups in total. The molecule has 0 amide bonds. The van der Waals surface area contributed by atoms with Crippen LogP contribution < -0.4 is 0 Å². The van der Waals surface area contributed by atoms with Crippen molar-refractivity contribution in [1.29, 1.82) is 0 Å². The summed E-state index contributed by atoms with van der Waals surface area (Å²) in [6.07, 6.45) is -0.137. The first-order valence-corrected chi connectivity index (χ1v) is 4.12. The predicted octanol–water partition coefficient (Wildman–Crippen LogP) is 2.24. The summed E-state index contributed by atoms with van der Waals surface area (Å²) in [5.41, 5.74) is 0. The van der Waals surface area contributed by atoms with Crippen molar-refractivity contribution in [3.63, 3.8) is 0 Å². The Morgan fingerprint density at radius 2 is 1.73 bits per heavy atom. The molecule has 67 valence electrons.